The third-order valence-electron chi connectivity index (χ3n) is 7.80. The van der Waals surface area contributed by atoms with Gasteiger partial charge in [-0.1, -0.05) is 45.4 Å². The van der Waals surface area contributed by atoms with Gasteiger partial charge in [0.2, 0.25) is 11.8 Å². The SMILES string of the molecule is CCCCCCCC(=O)N(C1CCCC1)[C@@H]1CC(C(=O)NCCO)=C[C@H](Oc2c(I)cc(CO)cc2OC)[C@H]1O. The predicted octanol–water partition coefficient (Wildman–Crippen LogP) is 3.84. The maximum atomic E-state index is 13.7. The highest BCUT2D eigenvalue weighted by molar-refractivity contribution is 14.1. The zero-order valence-electron chi connectivity index (χ0n) is 23.7. The first-order valence-corrected chi connectivity index (χ1v) is 15.6. The molecule has 0 spiro atoms. The van der Waals surface area contributed by atoms with Crippen LogP contribution in [0.1, 0.15) is 83.1 Å². The van der Waals surface area contributed by atoms with Crippen molar-refractivity contribution in [3.8, 4) is 11.5 Å². The van der Waals surface area contributed by atoms with Crippen molar-refractivity contribution >= 4 is 34.4 Å². The van der Waals surface area contributed by atoms with Gasteiger partial charge in [0.25, 0.3) is 0 Å². The van der Waals surface area contributed by atoms with Crippen LogP contribution < -0.4 is 14.8 Å². The van der Waals surface area contributed by atoms with Crippen LogP contribution in [0.3, 0.4) is 0 Å². The van der Waals surface area contributed by atoms with Crippen molar-refractivity contribution in [2.45, 2.75) is 108 Å². The largest absolute Gasteiger partial charge is 0.493 e. The van der Waals surface area contributed by atoms with Gasteiger partial charge in [-0.05, 0) is 65.6 Å². The number of halogens is 1. The predicted molar refractivity (Wildman–Crippen MR) is 161 cm³/mol. The van der Waals surface area contributed by atoms with Crippen molar-refractivity contribution < 1.29 is 34.4 Å². The number of aliphatic hydroxyl groups is 3. The summed E-state index contributed by atoms with van der Waals surface area (Å²) < 4.78 is 12.6. The van der Waals surface area contributed by atoms with Gasteiger partial charge in [0.15, 0.2) is 11.5 Å². The maximum absolute atomic E-state index is 13.7. The number of benzene rings is 1. The Bertz CT molecular complexity index is 1010. The normalized spacial score (nSPS) is 21.1. The molecule has 9 nitrogen and oxygen atoms in total. The lowest BCUT2D eigenvalue weighted by molar-refractivity contribution is -0.142. The van der Waals surface area contributed by atoms with Crippen LogP contribution >= 0.6 is 22.6 Å². The molecule has 224 valence electrons. The second-order valence-electron chi connectivity index (χ2n) is 10.7. The highest BCUT2D eigenvalue weighted by Crippen LogP contribution is 2.38. The summed E-state index contributed by atoms with van der Waals surface area (Å²) in [4.78, 5) is 28.7. The van der Waals surface area contributed by atoms with Crippen LogP contribution in [0.2, 0.25) is 0 Å². The van der Waals surface area contributed by atoms with Crippen LogP contribution in [0, 0.1) is 3.57 Å². The molecule has 2 aliphatic rings. The fourth-order valence-electron chi connectivity index (χ4n) is 5.71. The van der Waals surface area contributed by atoms with E-state index in [4.69, 9.17) is 9.47 Å². The zero-order chi connectivity index (χ0) is 29.1. The minimum Gasteiger partial charge on any atom is -0.493 e. The molecular weight excluding hydrogens is 627 g/mol. The molecule has 0 aromatic heterocycles. The van der Waals surface area contributed by atoms with Crippen LogP contribution in [-0.2, 0) is 16.2 Å². The fourth-order valence-corrected chi connectivity index (χ4v) is 6.51. The zero-order valence-corrected chi connectivity index (χ0v) is 25.9. The third kappa shape index (κ3) is 8.56. The van der Waals surface area contributed by atoms with Crippen molar-refractivity contribution in [2.75, 3.05) is 20.3 Å². The van der Waals surface area contributed by atoms with Crippen LogP contribution in [0.5, 0.6) is 11.5 Å². The van der Waals surface area contributed by atoms with Gasteiger partial charge in [-0.2, -0.15) is 0 Å². The Hall–Kier alpha value is -1.89. The first kappa shape index (κ1) is 32.6. The summed E-state index contributed by atoms with van der Waals surface area (Å²) in [5.74, 6) is 0.463. The Morgan fingerprint density at radius 2 is 1.85 bits per heavy atom. The van der Waals surface area contributed by atoms with Crippen molar-refractivity contribution in [3.63, 3.8) is 0 Å². The summed E-state index contributed by atoms with van der Waals surface area (Å²) in [5.41, 5.74) is 1.07. The minimum atomic E-state index is -1.07. The number of nitrogens with one attached hydrogen (secondary N) is 1. The Balaban J connectivity index is 1.93. The topological polar surface area (TPSA) is 129 Å². The number of ether oxygens (including phenoxy) is 2. The molecule has 4 N–H and O–H groups in total. The van der Waals surface area contributed by atoms with Crippen molar-refractivity contribution in [1.82, 2.24) is 10.2 Å². The lowest BCUT2D eigenvalue weighted by Crippen LogP contribution is -2.57. The molecule has 0 radical (unpaired) electrons. The molecule has 2 amide bonds. The molecule has 0 saturated heterocycles. The average molecular weight is 673 g/mol. The molecule has 10 heteroatoms. The standard InChI is InChI=1S/C30H45IN2O7/c1-3-4-5-6-7-12-27(36)33(22-10-8-9-11-22)24-17-21(30(38)32-13-14-34)18-25(28(24)37)40-29-23(31)15-20(19-35)16-26(29)39-2/h15-16,18,22,24-25,28,34-35,37H,3-14,17,19H2,1-2H3,(H,32,38)/t24-,25+,28+/m1/s1. The summed E-state index contributed by atoms with van der Waals surface area (Å²) >= 11 is 2.09. The van der Waals surface area contributed by atoms with Gasteiger partial charge in [-0.3, -0.25) is 9.59 Å². The van der Waals surface area contributed by atoms with E-state index in [0.717, 1.165) is 57.8 Å². The second-order valence-corrected chi connectivity index (χ2v) is 11.8. The summed E-state index contributed by atoms with van der Waals surface area (Å²) in [6.45, 7) is 1.91. The number of carbonyl (C=O) groups is 2. The molecule has 1 aromatic carbocycles. The molecule has 3 atom stereocenters. The van der Waals surface area contributed by atoms with Crippen LogP contribution in [0.4, 0.5) is 0 Å². The Kier molecular flexibility index (Phi) is 13.5. The highest BCUT2D eigenvalue weighted by atomic mass is 127. The van der Waals surface area contributed by atoms with Gasteiger partial charge in [0.1, 0.15) is 12.2 Å². The number of amides is 2. The Morgan fingerprint density at radius 3 is 2.50 bits per heavy atom. The molecule has 1 fully saturated rings. The number of methoxy groups -OCH3 is 1. The smallest absolute Gasteiger partial charge is 0.247 e. The molecule has 0 aliphatic heterocycles. The number of carbonyl (C=O) groups excluding carboxylic acids is 2. The van der Waals surface area contributed by atoms with Gasteiger partial charge in [0.05, 0.1) is 29.9 Å². The average Bonchev–Trinajstić information content (AvgIpc) is 3.48. The van der Waals surface area contributed by atoms with Gasteiger partial charge in [-0.15, -0.1) is 0 Å². The number of hydrogen-bond acceptors (Lipinski definition) is 7. The van der Waals surface area contributed by atoms with E-state index < -0.39 is 18.2 Å². The number of hydrogen-bond donors (Lipinski definition) is 4. The molecular formula is C30H45IN2O7. The molecule has 0 unspecified atom stereocenters. The minimum absolute atomic E-state index is 0.0156. The molecule has 2 aliphatic carbocycles. The second kappa shape index (κ2) is 16.5. The number of rotatable bonds is 15. The van der Waals surface area contributed by atoms with E-state index in [1.165, 1.54) is 7.11 Å². The first-order chi connectivity index (χ1) is 19.3. The molecule has 1 saturated carbocycles. The lowest BCUT2D eigenvalue weighted by Gasteiger charge is -2.43. The summed E-state index contributed by atoms with van der Waals surface area (Å²) in [6.07, 6.45) is 9.23. The summed E-state index contributed by atoms with van der Waals surface area (Å²) in [5, 5.41) is 33.3. The van der Waals surface area contributed by atoms with Crippen LogP contribution in [0.15, 0.2) is 23.8 Å². The van der Waals surface area contributed by atoms with E-state index in [9.17, 15) is 24.9 Å². The van der Waals surface area contributed by atoms with Gasteiger partial charge >= 0.3 is 0 Å². The third-order valence-corrected chi connectivity index (χ3v) is 8.60. The molecule has 3 rings (SSSR count). The Morgan fingerprint density at radius 1 is 1.12 bits per heavy atom. The summed E-state index contributed by atoms with van der Waals surface area (Å²) in [7, 11) is 1.50. The van der Waals surface area contributed by atoms with Gasteiger partial charge < -0.3 is 35.0 Å². The van der Waals surface area contributed by atoms with Crippen molar-refractivity contribution in [2.24, 2.45) is 0 Å². The highest BCUT2D eigenvalue weighted by Gasteiger charge is 2.43. The first-order valence-electron chi connectivity index (χ1n) is 14.6. The molecule has 0 bridgehead atoms. The van der Waals surface area contributed by atoms with E-state index in [1.807, 2.05) is 4.90 Å². The number of unbranched alkanes of at least 4 members (excludes halogenated alkanes) is 4. The van der Waals surface area contributed by atoms with Gasteiger partial charge in [-0.25, -0.2) is 0 Å². The summed E-state index contributed by atoms with van der Waals surface area (Å²) in [6, 6.07) is 2.84. The van der Waals surface area contributed by atoms with Gasteiger partial charge in [0, 0.05) is 31.0 Å². The van der Waals surface area contributed by atoms with E-state index in [0.29, 0.717) is 32.6 Å². The number of aliphatic hydroxyl groups excluding tert-OH is 3. The van der Waals surface area contributed by atoms with Crippen molar-refractivity contribution in [3.05, 3.63) is 32.9 Å². The monoisotopic (exact) mass is 672 g/mol. The Labute approximate surface area is 251 Å². The molecule has 40 heavy (non-hydrogen) atoms. The van der Waals surface area contributed by atoms with E-state index in [-0.39, 0.29) is 44.0 Å². The van der Waals surface area contributed by atoms with Crippen LogP contribution in [0.25, 0.3) is 0 Å². The lowest BCUT2D eigenvalue weighted by atomic mass is 9.87. The van der Waals surface area contributed by atoms with E-state index in [2.05, 4.69) is 34.8 Å². The molecule has 0 heterocycles. The fraction of sp³-hybridized carbons (Fsp3) is 0.667. The molecule has 1 aromatic rings. The van der Waals surface area contributed by atoms with E-state index in [1.54, 1.807) is 18.2 Å². The van der Waals surface area contributed by atoms with E-state index >= 15 is 0 Å². The van der Waals surface area contributed by atoms with Crippen LogP contribution in [-0.4, -0.2) is 76.6 Å². The van der Waals surface area contributed by atoms with Crippen molar-refractivity contribution in [1.29, 1.82) is 0 Å². The quantitative estimate of drug-likeness (QED) is 0.165. The number of nitrogens with zero attached hydrogens (tertiary/aromatic N) is 1. The maximum Gasteiger partial charge on any atom is 0.247 e.